The third kappa shape index (κ3) is 6.90. The van der Waals surface area contributed by atoms with Crippen molar-refractivity contribution in [3.63, 3.8) is 0 Å². The van der Waals surface area contributed by atoms with Gasteiger partial charge in [-0.3, -0.25) is 14.4 Å². The molecule has 8 heteroatoms. The molecule has 154 valence electrons. The highest BCUT2D eigenvalue weighted by Crippen LogP contribution is 2.18. The van der Waals surface area contributed by atoms with Gasteiger partial charge in [0.25, 0.3) is 0 Å². The Balaban J connectivity index is 1.72. The maximum Gasteiger partial charge on any atom is 0.316 e. The number of Topliss-reactive ketones (excluding diaryl/α,β-unsaturated/α-hetero) is 1. The van der Waals surface area contributed by atoms with Gasteiger partial charge in [-0.1, -0.05) is 17.7 Å². The summed E-state index contributed by atoms with van der Waals surface area (Å²) in [6.45, 7) is 3.37. The number of ether oxygens (including phenoxy) is 2. The Hall–Kier alpha value is -2.87. The third-order valence-corrected chi connectivity index (χ3v) is 4.85. The number of hydrogen-bond donors (Lipinski definition) is 1. The lowest BCUT2D eigenvalue weighted by Crippen LogP contribution is -2.18. The van der Waals surface area contributed by atoms with Crippen molar-refractivity contribution in [2.45, 2.75) is 13.8 Å². The van der Waals surface area contributed by atoms with Gasteiger partial charge in [-0.05, 0) is 43.7 Å². The van der Waals surface area contributed by atoms with Gasteiger partial charge in [0.1, 0.15) is 0 Å². The predicted molar refractivity (Wildman–Crippen MR) is 110 cm³/mol. The lowest BCUT2D eigenvalue weighted by Gasteiger charge is -2.09. The molecular formula is C21H22FNO5S. The molecule has 0 aromatic heterocycles. The third-order valence-electron chi connectivity index (χ3n) is 3.95. The normalized spacial score (nSPS) is 10.3. The van der Waals surface area contributed by atoms with Gasteiger partial charge in [0.2, 0.25) is 5.91 Å². The number of thioether (sulfide) groups is 1. The monoisotopic (exact) mass is 419 g/mol. The Morgan fingerprint density at radius 2 is 1.83 bits per heavy atom. The summed E-state index contributed by atoms with van der Waals surface area (Å²) in [5.41, 5.74) is 2.86. The van der Waals surface area contributed by atoms with Gasteiger partial charge in [0.15, 0.2) is 24.0 Å². The summed E-state index contributed by atoms with van der Waals surface area (Å²) in [7, 11) is 1.32. The van der Waals surface area contributed by atoms with Crippen molar-refractivity contribution >= 4 is 35.1 Å². The Morgan fingerprint density at radius 1 is 1.07 bits per heavy atom. The van der Waals surface area contributed by atoms with Gasteiger partial charge in [0, 0.05) is 11.3 Å². The zero-order valence-corrected chi connectivity index (χ0v) is 17.2. The van der Waals surface area contributed by atoms with Crippen LogP contribution >= 0.6 is 11.8 Å². The lowest BCUT2D eigenvalue weighted by atomic mass is 10.1. The first-order valence-corrected chi connectivity index (χ1v) is 9.93. The molecule has 0 heterocycles. The van der Waals surface area contributed by atoms with Crippen LogP contribution in [-0.2, 0) is 14.3 Å². The summed E-state index contributed by atoms with van der Waals surface area (Å²) in [4.78, 5) is 35.7. The van der Waals surface area contributed by atoms with E-state index in [4.69, 9.17) is 9.47 Å². The molecule has 0 aliphatic heterocycles. The molecule has 1 amide bonds. The number of carbonyl (C=O) groups is 3. The van der Waals surface area contributed by atoms with Crippen LogP contribution in [0, 0.1) is 19.7 Å². The first kappa shape index (κ1) is 22.4. The van der Waals surface area contributed by atoms with Crippen LogP contribution < -0.4 is 10.1 Å². The zero-order chi connectivity index (χ0) is 21.4. The number of benzene rings is 2. The quantitative estimate of drug-likeness (QED) is 0.495. The van der Waals surface area contributed by atoms with Crippen molar-refractivity contribution in [2.75, 3.05) is 30.5 Å². The molecule has 29 heavy (non-hydrogen) atoms. The molecule has 2 aromatic carbocycles. The molecule has 0 bridgehead atoms. The number of aryl methyl sites for hydroxylation is 2. The number of rotatable bonds is 9. The van der Waals surface area contributed by atoms with Crippen LogP contribution in [0.5, 0.6) is 5.75 Å². The van der Waals surface area contributed by atoms with Gasteiger partial charge in [-0.2, -0.15) is 0 Å². The minimum atomic E-state index is -0.671. The van der Waals surface area contributed by atoms with Crippen molar-refractivity contribution in [3.8, 4) is 5.75 Å². The average molecular weight is 419 g/mol. The molecule has 0 saturated carbocycles. The number of esters is 1. The summed E-state index contributed by atoms with van der Waals surface area (Å²) in [5, 5.41) is 2.79. The molecule has 0 atom stereocenters. The van der Waals surface area contributed by atoms with E-state index in [2.05, 4.69) is 5.32 Å². The Kier molecular flexibility index (Phi) is 8.21. The molecular weight excluding hydrogens is 397 g/mol. The Labute approximate surface area is 172 Å². The Bertz CT molecular complexity index is 916. The second-order valence-corrected chi connectivity index (χ2v) is 7.28. The van der Waals surface area contributed by atoms with Crippen LogP contribution in [0.2, 0.25) is 0 Å². The van der Waals surface area contributed by atoms with Crippen LogP contribution in [0.25, 0.3) is 0 Å². The second kappa shape index (κ2) is 10.6. The lowest BCUT2D eigenvalue weighted by molar-refractivity contribution is -0.139. The van der Waals surface area contributed by atoms with Crippen molar-refractivity contribution in [2.24, 2.45) is 0 Å². The van der Waals surface area contributed by atoms with Crippen LogP contribution in [0.4, 0.5) is 10.1 Å². The number of carbonyl (C=O) groups excluding carboxylic acids is 3. The SMILES string of the molecule is COc1ccc(C(=O)COC(=O)CSCC(=O)Nc2ccc(C)cc2C)cc1F. The molecule has 0 fully saturated rings. The summed E-state index contributed by atoms with van der Waals surface area (Å²) >= 11 is 1.08. The number of methoxy groups -OCH3 is 1. The maximum absolute atomic E-state index is 13.6. The van der Waals surface area contributed by atoms with Crippen LogP contribution in [0.1, 0.15) is 21.5 Å². The highest BCUT2D eigenvalue weighted by Gasteiger charge is 2.13. The number of hydrogen-bond acceptors (Lipinski definition) is 6. The standard InChI is InChI=1S/C21H22FNO5S/c1-13-4-6-17(14(2)8-13)23-20(25)11-29-12-21(26)28-10-18(24)15-5-7-19(27-3)16(22)9-15/h4-9H,10-12H2,1-3H3,(H,23,25). The van der Waals surface area contributed by atoms with Gasteiger partial charge < -0.3 is 14.8 Å². The number of halogens is 1. The van der Waals surface area contributed by atoms with Crippen molar-refractivity contribution < 1.29 is 28.2 Å². The number of ketones is 1. The minimum Gasteiger partial charge on any atom is -0.494 e. The molecule has 1 N–H and O–H groups in total. The van der Waals surface area contributed by atoms with E-state index in [9.17, 15) is 18.8 Å². The molecule has 0 saturated heterocycles. The van der Waals surface area contributed by atoms with Gasteiger partial charge in [-0.25, -0.2) is 4.39 Å². The molecule has 0 radical (unpaired) electrons. The smallest absolute Gasteiger partial charge is 0.316 e. The van der Waals surface area contributed by atoms with E-state index < -0.39 is 24.2 Å². The number of amides is 1. The predicted octanol–water partition coefficient (Wildman–Crippen LogP) is 3.55. The van der Waals surface area contributed by atoms with Crippen LogP contribution in [0.15, 0.2) is 36.4 Å². The summed E-state index contributed by atoms with van der Waals surface area (Å²) in [6, 6.07) is 9.44. The Morgan fingerprint density at radius 3 is 2.48 bits per heavy atom. The average Bonchev–Trinajstić information content (AvgIpc) is 2.68. The van der Waals surface area contributed by atoms with E-state index in [0.717, 1.165) is 34.6 Å². The summed E-state index contributed by atoms with van der Waals surface area (Å²) < 4.78 is 23.3. The molecule has 0 aliphatic rings. The molecule has 2 rings (SSSR count). The van der Waals surface area contributed by atoms with Gasteiger partial charge in [-0.15, -0.1) is 11.8 Å². The van der Waals surface area contributed by atoms with Crippen LogP contribution in [-0.4, -0.2) is 42.9 Å². The molecule has 0 spiro atoms. The van der Waals surface area contributed by atoms with E-state index in [-0.39, 0.29) is 28.7 Å². The van der Waals surface area contributed by atoms with E-state index in [1.54, 1.807) is 0 Å². The fourth-order valence-corrected chi connectivity index (χ4v) is 3.09. The molecule has 0 aliphatic carbocycles. The van der Waals surface area contributed by atoms with E-state index in [0.29, 0.717) is 0 Å². The first-order valence-electron chi connectivity index (χ1n) is 8.77. The van der Waals surface area contributed by atoms with Crippen molar-refractivity contribution in [1.29, 1.82) is 0 Å². The first-order chi connectivity index (χ1) is 13.8. The fraction of sp³-hybridized carbons (Fsp3) is 0.286. The highest BCUT2D eigenvalue weighted by molar-refractivity contribution is 8.00. The maximum atomic E-state index is 13.6. The van der Waals surface area contributed by atoms with Crippen molar-refractivity contribution in [3.05, 3.63) is 58.9 Å². The van der Waals surface area contributed by atoms with Gasteiger partial charge in [0.05, 0.1) is 18.6 Å². The topological polar surface area (TPSA) is 81.7 Å². The molecule has 6 nitrogen and oxygen atoms in total. The molecule has 2 aromatic rings. The second-order valence-electron chi connectivity index (χ2n) is 6.29. The van der Waals surface area contributed by atoms with Crippen LogP contribution in [0.3, 0.4) is 0 Å². The van der Waals surface area contributed by atoms with Crippen molar-refractivity contribution in [1.82, 2.24) is 0 Å². The summed E-state index contributed by atoms with van der Waals surface area (Å²) in [5.74, 6) is -2.05. The zero-order valence-electron chi connectivity index (χ0n) is 16.4. The highest BCUT2D eigenvalue weighted by atomic mass is 32.2. The number of anilines is 1. The fourth-order valence-electron chi connectivity index (χ4n) is 2.48. The largest absolute Gasteiger partial charge is 0.494 e. The van der Waals surface area contributed by atoms with E-state index in [1.807, 2.05) is 32.0 Å². The summed E-state index contributed by atoms with van der Waals surface area (Å²) in [6.07, 6.45) is 0. The minimum absolute atomic E-state index is 0.0223. The molecule has 0 unspecified atom stereocenters. The number of nitrogens with one attached hydrogen (secondary N) is 1. The van der Waals surface area contributed by atoms with Gasteiger partial charge >= 0.3 is 5.97 Å². The van der Waals surface area contributed by atoms with E-state index >= 15 is 0 Å². The van der Waals surface area contributed by atoms with E-state index in [1.165, 1.54) is 19.2 Å².